The van der Waals surface area contributed by atoms with E-state index in [-0.39, 0.29) is 30.6 Å². The zero-order valence-electron chi connectivity index (χ0n) is 21.0. The Hall–Kier alpha value is -4.59. The van der Waals surface area contributed by atoms with Crippen LogP contribution in [0.4, 0.5) is 10.6 Å². The Bertz CT molecular complexity index is 1420. The molecule has 0 radical (unpaired) electrons. The molecule has 5 rings (SSSR count). The number of rotatable bonds is 7. The molecule has 2 N–H and O–H groups in total. The normalized spacial score (nSPS) is 14.6. The molecule has 0 saturated carbocycles. The van der Waals surface area contributed by atoms with E-state index in [1.807, 2.05) is 91.0 Å². The van der Waals surface area contributed by atoms with E-state index in [1.165, 1.54) is 10.7 Å². The SMILES string of the molecule is O=C(CC1(c2ccccc2)CCN(C(=O)OCc2ccccc2)CC1)Nc1cc(=O)n(-c2ccccc2)[nH]1. The third-order valence-corrected chi connectivity index (χ3v) is 7.08. The molecule has 2 heterocycles. The maximum atomic E-state index is 13.2. The van der Waals surface area contributed by atoms with Crippen LogP contribution in [0.2, 0.25) is 0 Å². The van der Waals surface area contributed by atoms with Gasteiger partial charge in [0.25, 0.3) is 5.56 Å². The predicted octanol–water partition coefficient (Wildman–Crippen LogP) is 4.86. The van der Waals surface area contributed by atoms with Crippen LogP contribution in [-0.4, -0.2) is 39.8 Å². The molecule has 0 bridgehead atoms. The molecule has 1 saturated heterocycles. The van der Waals surface area contributed by atoms with Gasteiger partial charge in [-0.25, -0.2) is 9.48 Å². The van der Waals surface area contributed by atoms with Crippen LogP contribution in [0.25, 0.3) is 5.69 Å². The number of amides is 2. The minimum atomic E-state index is -0.441. The maximum absolute atomic E-state index is 13.2. The fourth-order valence-electron chi connectivity index (χ4n) is 5.02. The second-order valence-electron chi connectivity index (χ2n) is 9.58. The van der Waals surface area contributed by atoms with E-state index in [2.05, 4.69) is 10.4 Å². The molecule has 4 aromatic rings. The number of nitrogens with zero attached hydrogens (tertiary/aromatic N) is 2. The molecule has 0 atom stereocenters. The number of ether oxygens (including phenoxy) is 1. The molecule has 8 nitrogen and oxygen atoms in total. The molecular formula is C30H30N4O4. The number of piperidine rings is 1. The highest BCUT2D eigenvalue weighted by molar-refractivity contribution is 5.90. The minimum Gasteiger partial charge on any atom is -0.445 e. The zero-order chi connectivity index (χ0) is 26.4. The summed E-state index contributed by atoms with van der Waals surface area (Å²) in [6.45, 7) is 1.19. The fraction of sp³-hybridized carbons (Fsp3) is 0.233. The molecule has 1 aliphatic heterocycles. The first-order chi connectivity index (χ1) is 18.5. The second kappa shape index (κ2) is 11.2. The van der Waals surface area contributed by atoms with Crippen LogP contribution >= 0.6 is 0 Å². The third kappa shape index (κ3) is 5.70. The standard InChI is InChI=1S/C30H30N4O4/c35-27(31-26-20-28(36)34(32-26)25-14-8-3-9-15-25)21-30(24-12-6-2-7-13-24)16-18-33(19-17-30)29(37)38-22-23-10-4-1-5-11-23/h1-15,20,32H,16-19,21-22H2,(H,31,35). The zero-order valence-corrected chi connectivity index (χ0v) is 21.0. The molecule has 2 amide bonds. The quantitative estimate of drug-likeness (QED) is 0.371. The molecular weight excluding hydrogens is 480 g/mol. The van der Waals surface area contributed by atoms with E-state index in [0.717, 1.165) is 11.1 Å². The summed E-state index contributed by atoms with van der Waals surface area (Å²) < 4.78 is 6.91. The average Bonchev–Trinajstić information content (AvgIpc) is 3.33. The number of aromatic nitrogens is 2. The van der Waals surface area contributed by atoms with Crippen molar-refractivity contribution in [3.8, 4) is 5.69 Å². The molecule has 0 spiro atoms. The number of para-hydroxylation sites is 1. The summed E-state index contributed by atoms with van der Waals surface area (Å²) in [6, 6.07) is 30.1. The Morgan fingerprint density at radius 2 is 1.47 bits per heavy atom. The van der Waals surface area contributed by atoms with E-state index < -0.39 is 5.41 Å². The van der Waals surface area contributed by atoms with E-state index >= 15 is 0 Å². The second-order valence-corrected chi connectivity index (χ2v) is 9.58. The van der Waals surface area contributed by atoms with Crippen molar-refractivity contribution < 1.29 is 14.3 Å². The van der Waals surface area contributed by atoms with Crippen LogP contribution in [0, 0.1) is 0 Å². The smallest absolute Gasteiger partial charge is 0.410 e. The average molecular weight is 511 g/mol. The Kier molecular flexibility index (Phi) is 7.40. The van der Waals surface area contributed by atoms with Crippen LogP contribution in [0.1, 0.15) is 30.4 Å². The van der Waals surface area contributed by atoms with Gasteiger partial charge in [-0.3, -0.25) is 14.7 Å². The van der Waals surface area contributed by atoms with Crippen molar-refractivity contribution in [2.24, 2.45) is 0 Å². The number of anilines is 1. The van der Waals surface area contributed by atoms with E-state index in [9.17, 15) is 14.4 Å². The highest BCUT2D eigenvalue weighted by Crippen LogP contribution is 2.39. The monoisotopic (exact) mass is 510 g/mol. The van der Waals surface area contributed by atoms with Gasteiger partial charge in [0.2, 0.25) is 5.91 Å². The molecule has 38 heavy (non-hydrogen) atoms. The lowest BCUT2D eigenvalue weighted by Crippen LogP contribution is -2.46. The van der Waals surface area contributed by atoms with Gasteiger partial charge in [0.05, 0.1) is 5.69 Å². The number of nitrogens with one attached hydrogen (secondary N) is 2. The summed E-state index contributed by atoms with van der Waals surface area (Å²) in [4.78, 5) is 40.1. The lowest BCUT2D eigenvalue weighted by Gasteiger charge is -2.41. The summed E-state index contributed by atoms with van der Waals surface area (Å²) in [5.41, 5.74) is 1.98. The van der Waals surface area contributed by atoms with Gasteiger partial charge in [-0.15, -0.1) is 0 Å². The van der Waals surface area contributed by atoms with Gasteiger partial charge in [-0.05, 0) is 36.1 Å². The van der Waals surface area contributed by atoms with E-state index in [0.29, 0.717) is 37.4 Å². The number of aromatic amines is 1. The van der Waals surface area contributed by atoms with E-state index in [1.54, 1.807) is 4.90 Å². The van der Waals surface area contributed by atoms with Gasteiger partial charge in [-0.2, -0.15) is 0 Å². The van der Waals surface area contributed by atoms with Crippen molar-refractivity contribution >= 4 is 17.8 Å². The number of hydrogen-bond acceptors (Lipinski definition) is 4. The summed E-state index contributed by atoms with van der Waals surface area (Å²) in [5, 5.41) is 5.84. The van der Waals surface area contributed by atoms with Gasteiger partial charge in [0.1, 0.15) is 12.4 Å². The Morgan fingerprint density at radius 1 is 0.868 bits per heavy atom. The third-order valence-electron chi connectivity index (χ3n) is 7.08. The number of carbonyl (C=O) groups excluding carboxylic acids is 2. The maximum Gasteiger partial charge on any atom is 0.410 e. The van der Waals surface area contributed by atoms with Crippen molar-refractivity contribution in [1.29, 1.82) is 0 Å². The molecule has 0 unspecified atom stereocenters. The van der Waals surface area contributed by atoms with Crippen molar-refractivity contribution in [2.45, 2.75) is 31.3 Å². The molecule has 3 aromatic carbocycles. The Morgan fingerprint density at radius 3 is 2.13 bits per heavy atom. The van der Waals surface area contributed by atoms with Crippen LogP contribution in [-0.2, 0) is 21.6 Å². The van der Waals surface area contributed by atoms with Crippen LogP contribution in [0.15, 0.2) is 102 Å². The Labute approximate surface area is 220 Å². The van der Waals surface area contributed by atoms with Gasteiger partial charge in [0.15, 0.2) is 0 Å². The highest BCUT2D eigenvalue weighted by atomic mass is 16.6. The number of H-pyrrole nitrogens is 1. The predicted molar refractivity (Wildman–Crippen MR) is 145 cm³/mol. The van der Waals surface area contributed by atoms with Crippen LogP contribution in [0.5, 0.6) is 0 Å². The van der Waals surface area contributed by atoms with Crippen molar-refractivity contribution in [1.82, 2.24) is 14.7 Å². The summed E-state index contributed by atoms with van der Waals surface area (Å²) >= 11 is 0. The summed E-state index contributed by atoms with van der Waals surface area (Å²) in [5.74, 6) is 0.143. The van der Waals surface area contributed by atoms with Gasteiger partial charge in [0, 0.05) is 31.0 Å². The number of hydrogen-bond donors (Lipinski definition) is 2. The number of benzene rings is 3. The molecule has 1 fully saturated rings. The van der Waals surface area contributed by atoms with Gasteiger partial charge < -0.3 is 15.0 Å². The van der Waals surface area contributed by atoms with Gasteiger partial charge in [-0.1, -0.05) is 78.9 Å². The lowest BCUT2D eigenvalue weighted by molar-refractivity contribution is -0.117. The summed E-state index contributed by atoms with van der Waals surface area (Å²) in [7, 11) is 0. The molecule has 0 aliphatic carbocycles. The van der Waals surface area contributed by atoms with Crippen LogP contribution in [0.3, 0.4) is 0 Å². The van der Waals surface area contributed by atoms with Crippen molar-refractivity contribution in [2.75, 3.05) is 18.4 Å². The van der Waals surface area contributed by atoms with Crippen LogP contribution < -0.4 is 10.9 Å². The highest BCUT2D eigenvalue weighted by Gasteiger charge is 2.39. The van der Waals surface area contributed by atoms with E-state index in [4.69, 9.17) is 4.74 Å². The molecule has 1 aromatic heterocycles. The number of carbonyl (C=O) groups is 2. The first kappa shape index (κ1) is 25.1. The largest absolute Gasteiger partial charge is 0.445 e. The minimum absolute atomic E-state index is 0.199. The molecule has 194 valence electrons. The molecule has 8 heteroatoms. The van der Waals surface area contributed by atoms with Crippen molar-refractivity contribution in [3.05, 3.63) is 119 Å². The molecule has 1 aliphatic rings. The fourth-order valence-corrected chi connectivity index (χ4v) is 5.02. The first-order valence-electron chi connectivity index (χ1n) is 12.7. The van der Waals surface area contributed by atoms with Gasteiger partial charge >= 0.3 is 6.09 Å². The lowest BCUT2D eigenvalue weighted by atomic mass is 9.70. The Balaban J connectivity index is 1.26. The first-order valence-corrected chi connectivity index (χ1v) is 12.7. The summed E-state index contributed by atoms with van der Waals surface area (Å²) in [6.07, 6.45) is 1.11. The number of likely N-dealkylation sites (tertiary alicyclic amines) is 1. The van der Waals surface area contributed by atoms with Crippen molar-refractivity contribution in [3.63, 3.8) is 0 Å². The topological polar surface area (TPSA) is 96.4 Å².